The van der Waals surface area contributed by atoms with Crippen LogP contribution in [0.4, 0.5) is 0 Å². The van der Waals surface area contributed by atoms with Gasteiger partial charge in [-0.05, 0) is 18.4 Å². The lowest BCUT2D eigenvalue weighted by Crippen LogP contribution is -2.26. The highest BCUT2D eigenvalue weighted by molar-refractivity contribution is 7.12. The number of aliphatic imine (C=N–C) groups is 1. The minimum Gasteiger partial charge on any atom is -0.365 e. The fourth-order valence-electron chi connectivity index (χ4n) is 1.12. The number of amidine groups is 1. The van der Waals surface area contributed by atoms with E-state index in [1.165, 1.54) is 4.88 Å². The lowest BCUT2D eigenvalue weighted by Gasteiger charge is -2.02. The topological polar surface area (TPSA) is 24.4 Å². The Bertz CT molecular complexity index is 264. The molecule has 2 rings (SSSR count). The van der Waals surface area contributed by atoms with Gasteiger partial charge >= 0.3 is 0 Å². The van der Waals surface area contributed by atoms with Crippen LogP contribution in [0.15, 0.2) is 22.5 Å². The molecule has 0 fully saturated rings. The first-order valence-electron chi connectivity index (χ1n) is 3.71. The molecule has 2 heterocycles. The molecule has 1 N–H and O–H groups in total. The predicted octanol–water partition coefficient (Wildman–Crippen LogP) is 1.49. The molecule has 58 valence electrons. The van der Waals surface area contributed by atoms with Crippen LogP contribution in [0.1, 0.15) is 11.8 Å². The van der Waals surface area contributed by atoms with E-state index in [1.54, 1.807) is 11.3 Å². The number of hydrogen-bond acceptors (Lipinski definition) is 3. The number of thiophene rings is 1. The molecule has 1 aliphatic heterocycles. The third kappa shape index (κ3) is 1.28. The molecule has 1 aliphatic rings. The van der Waals surface area contributed by atoms with Gasteiger partial charge in [0.25, 0.3) is 0 Å². The van der Waals surface area contributed by atoms with Crippen molar-refractivity contribution >= 4 is 17.2 Å². The Hall–Kier alpha value is -0.830. The van der Waals surface area contributed by atoms with Crippen LogP contribution >= 0.6 is 11.3 Å². The zero-order chi connectivity index (χ0) is 7.68. The van der Waals surface area contributed by atoms with E-state index >= 15 is 0 Å². The van der Waals surface area contributed by atoms with Crippen molar-refractivity contribution in [2.75, 3.05) is 6.54 Å². The summed E-state index contributed by atoms with van der Waals surface area (Å²) in [5, 5.41) is 5.39. The maximum Gasteiger partial charge on any atom is 0.138 e. The van der Waals surface area contributed by atoms with Crippen molar-refractivity contribution in [1.29, 1.82) is 0 Å². The summed E-state index contributed by atoms with van der Waals surface area (Å²) in [6, 6.07) is 4.65. The fraction of sp³-hybridized carbons (Fsp3) is 0.375. The molecule has 0 spiro atoms. The molecule has 1 atom stereocenters. The van der Waals surface area contributed by atoms with Crippen LogP contribution in [0.2, 0.25) is 0 Å². The second-order valence-electron chi connectivity index (χ2n) is 2.71. The van der Waals surface area contributed by atoms with E-state index in [9.17, 15) is 0 Å². The van der Waals surface area contributed by atoms with Crippen LogP contribution < -0.4 is 5.32 Å². The van der Waals surface area contributed by atoms with Gasteiger partial charge in [0.15, 0.2) is 0 Å². The van der Waals surface area contributed by atoms with Gasteiger partial charge in [0, 0.05) is 6.04 Å². The Morgan fingerprint density at radius 2 is 2.64 bits per heavy atom. The maximum absolute atomic E-state index is 4.38. The highest BCUT2D eigenvalue weighted by atomic mass is 32.1. The minimum atomic E-state index is 0.507. The molecule has 1 aromatic rings. The second kappa shape index (κ2) is 2.66. The lowest BCUT2D eigenvalue weighted by molar-refractivity contribution is 0.726. The van der Waals surface area contributed by atoms with Gasteiger partial charge in [-0.1, -0.05) is 6.07 Å². The molecular formula is C8H10N2S. The van der Waals surface area contributed by atoms with Crippen molar-refractivity contribution < 1.29 is 0 Å². The number of hydrogen-bond donors (Lipinski definition) is 1. The predicted molar refractivity (Wildman–Crippen MR) is 48.3 cm³/mol. The second-order valence-corrected chi connectivity index (χ2v) is 3.66. The molecule has 0 saturated heterocycles. The molecule has 2 nitrogen and oxygen atoms in total. The molecule has 3 heteroatoms. The van der Waals surface area contributed by atoms with Gasteiger partial charge in [-0.2, -0.15) is 0 Å². The third-order valence-corrected chi connectivity index (χ3v) is 2.54. The normalized spacial score (nSPS) is 23.0. The van der Waals surface area contributed by atoms with E-state index < -0.39 is 0 Å². The summed E-state index contributed by atoms with van der Waals surface area (Å²) in [6.45, 7) is 3.05. The van der Waals surface area contributed by atoms with Crippen LogP contribution in [-0.2, 0) is 0 Å². The van der Waals surface area contributed by atoms with Crippen molar-refractivity contribution in [3.63, 3.8) is 0 Å². The Balaban J connectivity index is 2.19. The molecule has 0 amide bonds. The monoisotopic (exact) mass is 166 g/mol. The van der Waals surface area contributed by atoms with Crippen molar-refractivity contribution in [1.82, 2.24) is 5.32 Å². The largest absolute Gasteiger partial charge is 0.365 e. The molecule has 11 heavy (non-hydrogen) atoms. The zero-order valence-corrected chi connectivity index (χ0v) is 7.19. The molecule has 0 bridgehead atoms. The maximum atomic E-state index is 4.38. The van der Waals surface area contributed by atoms with Gasteiger partial charge in [0.1, 0.15) is 5.84 Å². The molecule has 0 radical (unpaired) electrons. The van der Waals surface area contributed by atoms with Crippen molar-refractivity contribution in [2.45, 2.75) is 13.0 Å². The first kappa shape index (κ1) is 6.85. The summed E-state index contributed by atoms with van der Waals surface area (Å²) in [7, 11) is 0. The smallest absolute Gasteiger partial charge is 0.138 e. The summed E-state index contributed by atoms with van der Waals surface area (Å²) in [5.41, 5.74) is 0. The van der Waals surface area contributed by atoms with Crippen LogP contribution in [0.25, 0.3) is 0 Å². The Labute approximate surface area is 70.0 Å². The average molecular weight is 166 g/mol. The number of nitrogens with zero attached hydrogens (tertiary/aromatic N) is 1. The zero-order valence-electron chi connectivity index (χ0n) is 6.37. The molecule has 0 saturated carbocycles. The standard InChI is InChI=1S/C8H10N2S/c1-6-5-9-8(10-6)7-3-2-4-11-7/h2-4,6H,5H2,1H3,(H,9,10). The van der Waals surface area contributed by atoms with E-state index in [1.807, 2.05) is 6.07 Å². The first-order valence-corrected chi connectivity index (χ1v) is 4.59. The van der Waals surface area contributed by atoms with Gasteiger partial charge in [-0.3, -0.25) is 4.99 Å². The van der Waals surface area contributed by atoms with Crippen LogP contribution in [0.5, 0.6) is 0 Å². The van der Waals surface area contributed by atoms with Gasteiger partial charge in [-0.25, -0.2) is 0 Å². The van der Waals surface area contributed by atoms with Crippen molar-refractivity contribution in [3.8, 4) is 0 Å². The lowest BCUT2D eigenvalue weighted by atomic mass is 10.4. The summed E-state index contributed by atoms with van der Waals surface area (Å²) in [4.78, 5) is 5.62. The molecule has 0 aliphatic carbocycles. The Morgan fingerprint density at radius 3 is 3.18 bits per heavy atom. The first-order chi connectivity index (χ1) is 5.36. The van der Waals surface area contributed by atoms with Gasteiger partial charge < -0.3 is 5.32 Å². The third-order valence-electron chi connectivity index (χ3n) is 1.66. The Kier molecular flexibility index (Phi) is 1.66. The number of rotatable bonds is 1. The van der Waals surface area contributed by atoms with E-state index in [0.29, 0.717) is 6.04 Å². The van der Waals surface area contributed by atoms with Gasteiger partial charge in [0.2, 0.25) is 0 Å². The van der Waals surface area contributed by atoms with E-state index in [4.69, 9.17) is 0 Å². The van der Waals surface area contributed by atoms with E-state index in [0.717, 1.165) is 12.4 Å². The van der Waals surface area contributed by atoms with Crippen molar-refractivity contribution in [3.05, 3.63) is 22.4 Å². The minimum absolute atomic E-state index is 0.507. The van der Waals surface area contributed by atoms with Crippen LogP contribution in [-0.4, -0.2) is 18.4 Å². The highest BCUT2D eigenvalue weighted by Crippen LogP contribution is 2.11. The summed E-state index contributed by atoms with van der Waals surface area (Å²) in [5.74, 6) is 1.06. The molecule has 1 aromatic heterocycles. The van der Waals surface area contributed by atoms with Crippen molar-refractivity contribution in [2.24, 2.45) is 4.99 Å². The summed E-state index contributed by atoms with van der Waals surface area (Å²) < 4.78 is 0. The van der Waals surface area contributed by atoms with Crippen LogP contribution in [0, 0.1) is 0 Å². The summed E-state index contributed by atoms with van der Waals surface area (Å²) in [6.07, 6.45) is 0. The quantitative estimate of drug-likeness (QED) is 0.671. The van der Waals surface area contributed by atoms with Crippen LogP contribution in [0.3, 0.4) is 0 Å². The average Bonchev–Trinajstić information content (AvgIpc) is 2.55. The Morgan fingerprint density at radius 1 is 1.73 bits per heavy atom. The van der Waals surface area contributed by atoms with Gasteiger partial charge in [-0.15, -0.1) is 11.3 Å². The van der Waals surface area contributed by atoms with E-state index in [-0.39, 0.29) is 0 Å². The van der Waals surface area contributed by atoms with Gasteiger partial charge in [0.05, 0.1) is 11.4 Å². The number of nitrogens with one attached hydrogen (secondary N) is 1. The molecule has 0 aromatic carbocycles. The SMILES string of the molecule is CC1CN=C(c2cccs2)N1. The fourth-order valence-corrected chi connectivity index (χ4v) is 1.81. The molecule has 1 unspecified atom stereocenters. The van der Waals surface area contributed by atoms with E-state index in [2.05, 4.69) is 28.7 Å². The molecular weight excluding hydrogens is 156 g/mol. The summed E-state index contributed by atoms with van der Waals surface area (Å²) >= 11 is 1.73. The highest BCUT2D eigenvalue weighted by Gasteiger charge is 2.13.